The Hall–Kier alpha value is -2.37. The summed E-state index contributed by atoms with van der Waals surface area (Å²) >= 11 is 0. The first kappa shape index (κ1) is 11.7. The van der Waals surface area contributed by atoms with Gasteiger partial charge in [0, 0.05) is 0 Å². The highest BCUT2D eigenvalue weighted by molar-refractivity contribution is 6.02. The third-order valence-corrected chi connectivity index (χ3v) is 3.06. The minimum absolute atomic E-state index is 0.0182. The van der Waals surface area contributed by atoms with Crippen molar-refractivity contribution in [2.24, 2.45) is 0 Å². The number of fused-ring (bicyclic) bond motifs is 3. The molecule has 1 aromatic carbocycles. The van der Waals surface area contributed by atoms with E-state index in [1.807, 2.05) is 24.3 Å². The second-order valence-electron chi connectivity index (χ2n) is 4.30. The number of hydrogen-bond donors (Lipinski definition) is 1. The lowest BCUT2D eigenvalue weighted by Crippen LogP contribution is -2.28. The summed E-state index contributed by atoms with van der Waals surface area (Å²) in [4.78, 5) is 28.0. The molecule has 1 unspecified atom stereocenters. The number of carbonyl (C=O) groups is 2. The summed E-state index contributed by atoms with van der Waals surface area (Å²) in [5, 5.41) is 2.96. The fourth-order valence-corrected chi connectivity index (χ4v) is 2.24. The number of imidazole rings is 1. The van der Waals surface area contributed by atoms with Gasteiger partial charge in [-0.25, -0.2) is 9.55 Å². The minimum Gasteiger partial charge on any atom is -0.466 e. The number of rotatable bonds is 3. The van der Waals surface area contributed by atoms with Gasteiger partial charge in [0.25, 0.3) is 5.91 Å². The largest absolute Gasteiger partial charge is 0.466 e. The molecule has 3 rings (SSSR count). The van der Waals surface area contributed by atoms with E-state index in [1.54, 1.807) is 6.92 Å². The van der Waals surface area contributed by atoms with Gasteiger partial charge in [-0.15, -0.1) is 0 Å². The molecule has 19 heavy (non-hydrogen) atoms. The predicted octanol–water partition coefficient (Wildman–Crippen LogP) is 1.42. The zero-order valence-corrected chi connectivity index (χ0v) is 10.4. The molecule has 0 amide bonds. The second kappa shape index (κ2) is 4.38. The average molecular weight is 259 g/mol. The van der Waals surface area contributed by atoms with Gasteiger partial charge in [0.1, 0.15) is 6.04 Å². The van der Waals surface area contributed by atoms with Crippen LogP contribution in [0.2, 0.25) is 0 Å². The monoisotopic (exact) mass is 259 g/mol. The van der Waals surface area contributed by atoms with Crippen LogP contribution in [-0.4, -0.2) is 34.1 Å². The Labute approximate surface area is 109 Å². The van der Waals surface area contributed by atoms with Crippen molar-refractivity contribution in [3.8, 4) is 0 Å². The van der Waals surface area contributed by atoms with Gasteiger partial charge in [-0.3, -0.25) is 9.59 Å². The van der Waals surface area contributed by atoms with E-state index >= 15 is 0 Å². The number of ether oxygens (including phenoxy) is 1. The molecule has 1 atom stereocenters. The molecular formula is C13H13N3O3. The van der Waals surface area contributed by atoms with Crippen molar-refractivity contribution in [2.45, 2.75) is 19.4 Å². The molecule has 6 nitrogen and oxygen atoms in total. The zero-order chi connectivity index (χ0) is 13.4. The number of nitrogens with one attached hydrogen (secondary N) is 1. The van der Waals surface area contributed by atoms with Crippen LogP contribution in [0.5, 0.6) is 0 Å². The molecule has 0 bridgehead atoms. The Kier molecular flexibility index (Phi) is 2.70. The van der Waals surface area contributed by atoms with E-state index in [4.69, 9.17) is 4.74 Å². The highest BCUT2D eigenvalue weighted by Crippen LogP contribution is 2.26. The summed E-state index contributed by atoms with van der Waals surface area (Å²) in [6.07, 6.45) is 0.0182. The maximum Gasteiger partial charge on any atom is 0.308 e. The molecule has 2 aromatic rings. The Morgan fingerprint density at radius 2 is 2.26 bits per heavy atom. The number of esters is 1. The summed E-state index contributed by atoms with van der Waals surface area (Å²) in [6.45, 7) is 2.05. The van der Waals surface area contributed by atoms with Gasteiger partial charge in [0.2, 0.25) is 5.95 Å². The van der Waals surface area contributed by atoms with Gasteiger partial charge in [-0.2, -0.15) is 0 Å². The van der Waals surface area contributed by atoms with Gasteiger partial charge in [-0.05, 0) is 19.1 Å². The number of aromatic nitrogens is 2. The zero-order valence-electron chi connectivity index (χ0n) is 10.4. The fourth-order valence-electron chi connectivity index (χ4n) is 2.24. The van der Waals surface area contributed by atoms with Crippen molar-refractivity contribution in [1.29, 1.82) is 0 Å². The van der Waals surface area contributed by atoms with Crippen LogP contribution in [0.15, 0.2) is 24.3 Å². The van der Waals surface area contributed by atoms with Crippen molar-refractivity contribution in [2.75, 3.05) is 11.9 Å². The number of hydrogen-bond acceptors (Lipinski definition) is 5. The summed E-state index contributed by atoms with van der Waals surface area (Å²) < 4.78 is 6.37. The maximum absolute atomic E-state index is 12.3. The molecule has 1 aliphatic rings. The summed E-state index contributed by atoms with van der Waals surface area (Å²) in [7, 11) is 0. The number of benzene rings is 1. The minimum atomic E-state index is -0.592. The van der Waals surface area contributed by atoms with E-state index in [-0.39, 0.29) is 18.3 Å². The first-order valence-electron chi connectivity index (χ1n) is 6.14. The van der Waals surface area contributed by atoms with E-state index < -0.39 is 6.04 Å². The summed E-state index contributed by atoms with van der Waals surface area (Å²) in [5.74, 6) is -0.0688. The Bertz CT molecular complexity index is 662. The van der Waals surface area contributed by atoms with Crippen LogP contribution in [0.3, 0.4) is 0 Å². The van der Waals surface area contributed by atoms with Crippen LogP contribution >= 0.6 is 0 Å². The molecule has 1 N–H and O–H groups in total. The van der Waals surface area contributed by atoms with E-state index in [1.165, 1.54) is 4.57 Å². The highest BCUT2D eigenvalue weighted by Gasteiger charge is 2.34. The summed E-state index contributed by atoms with van der Waals surface area (Å²) in [6, 6.07) is 6.80. The molecule has 1 aromatic heterocycles. The predicted molar refractivity (Wildman–Crippen MR) is 69.0 cm³/mol. The Balaban J connectivity index is 1.88. The van der Waals surface area contributed by atoms with Crippen molar-refractivity contribution >= 4 is 28.9 Å². The average Bonchev–Trinajstić information content (AvgIpc) is 2.88. The topological polar surface area (TPSA) is 73.2 Å². The highest BCUT2D eigenvalue weighted by atomic mass is 16.5. The Morgan fingerprint density at radius 3 is 3.05 bits per heavy atom. The van der Waals surface area contributed by atoms with Gasteiger partial charge in [0.15, 0.2) is 0 Å². The standard InChI is InChI=1S/C13H13N3O3/c1-2-19-11(17)7-9-12(18)16-10-6-4-3-5-8(10)14-13(16)15-9/h3-6,9H,2,7H2,1H3,(H,14,15). The van der Waals surface area contributed by atoms with Crippen molar-refractivity contribution in [3.63, 3.8) is 0 Å². The molecular weight excluding hydrogens is 246 g/mol. The maximum atomic E-state index is 12.3. The summed E-state index contributed by atoms with van der Waals surface area (Å²) in [5.41, 5.74) is 1.51. The van der Waals surface area contributed by atoms with E-state index in [9.17, 15) is 9.59 Å². The third-order valence-electron chi connectivity index (χ3n) is 3.06. The lowest BCUT2D eigenvalue weighted by molar-refractivity contribution is -0.143. The molecule has 98 valence electrons. The first-order valence-corrected chi connectivity index (χ1v) is 6.14. The first-order chi connectivity index (χ1) is 9.20. The smallest absolute Gasteiger partial charge is 0.308 e. The van der Waals surface area contributed by atoms with Gasteiger partial charge in [-0.1, -0.05) is 12.1 Å². The molecule has 0 spiro atoms. The van der Waals surface area contributed by atoms with Crippen LogP contribution in [0.4, 0.5) is 5.95 Å². The van der Waals surface area contributed by atoms with Crippen LogP contribution in [0.1, 0.15) is 18.1 Å². The van der Waals surface area contributed by atoms with Gasteiger partial charge >= 0.3 is 5.97 Å². The fraction of sp³-hybridized carbons (Fsp3) is 0.308. The lowest BCUT2D eigenvalue weighted by atomic mass is 10.2. The van der Waals surface area contributed by atoms with Crippen molar-refractivity contribution in [1.82, 2.24) is 9.55 Å². The van der Waals surface area contributed by atoms with E-state index in [0.717, 1.165) is 11.0 Å². The molecule has 0 fully saturated rings. The van der Waals surface area contributed by atoms with Crippen LogP contribution in [0, 0.1) is 0 Å². The lowest BCUT2D eigenvalue weighted by Gasteiger charge is -2.08. The van der Waals surface area contributed by atoms with Crippen LogP contribution in [0.25, 0.3) is 11.0 Å². The Morgan fingerprint density at radius 1 is 1.47 bits per heavy atom. The molecule has 1 aliphatic heterocycles. The van der Waals surface area contributed by atoms with E-state index in [2.05, 4.69) is 10.3 Å². The number of carbonyl (C=O) groups excluding carboxylic acids is 2. The number of anilines is 1. The third kappa shape index (κ3) is 1.85. The van der Waals surface area contributed by atoms with Crippen LogP contribution < -0.4 is 5.32 Å². The van der Waals surface area contributed by atoms with Gasteiger partial charge < -0.3 is 10.1 Å². The normalized spacial score (nSPS) is 17.3. The van der Waals surface area contributed by atoms with Crippen LogP contribution in [-0.2, 0) is 9.53 Å². The van der Waals surface area contributed by atoms with E-state index in [0.29, 0.717) is 12.6 Å². The molecule has 0 aliphatic carbocycles. The molecule has 2 heterocycles. The number of nitrogens with zero attached hydrogens (tertiary/aromatic N) is 2. The second-order valence-corrected chi connectivity index (χ2v) is 4.30. The van der Waals surface area contributed by atoms with Crippen molar-refractivity contribution in [3.05, 3.63) is 24.3 Å². The SMILES string of the molecule is CCOC(=O)CC1Nc2nc3ccccc3n2C1=O. The van der Waals surface area contributed by atoms with Crippen molar-refractivity contribution < 1.29 is 14.3 Å². The number of para-hydroxylation sites is 2. The molecule has 0 radical (unpaired) electrons. The van der Waals surface area contributed by atoms with Gasteiger partial charge in [0.05, 0.1) is 24.1 Å². The molecule has 6 heteroatoms. The molecule has 0 saturated carbocycles. The molecule has 0 saturated heterocycles. The quantitative estimate of drug-likeness (QED) is 0.844.